The van der Waals surface area contributed by atoms with Gasteiger partial charge in [-0.2, -0.15) is 5.10 Å². The fourth-order valence-corrected chi connectivity index (χ4v) is 6.07. The Morgan fingerprint density at radius 1 is 1.02 bits per heavy atom. The summed E-state index contributed by atoms with van der Waals surface area (Å²) in [5, 5.41) is 9.76. The van der Waals surface area contributed by atoms with E-state index in [-0.39, 0.29) is 18.2 Å². The van der Waals surface area contributed by atoms with E-state index in [2.05, 4.69) is 51.6 Å². The van der Waals surface area contributed by atoms with Crippen molar-refractivity contribution in [3.63, 3.8) is 0 Å². The first-order chi connectivity index (χ1) is 21.6. The summed E-state index contributed by atoms with van der Waals surface area (Å²) < 4.78 is 18.9. The molecule has 2 aromatic carbocycles. The first kappa shape index (κ1) is 29.0. The number of ether oxygens (including phenoxy) is 2. The SMILES string of the molecule is Cc1noc(C)c1-c1ccc2nc(-c3cnn(C4CN(C(=O)OC(C)(C)C)C4)c3)nc(N3CCOC[C@@H]3c3ccccc3)c2c1. The predicted octanol–water partition coefficient (Wildman–Crippen LogP) is 6.13. The molecule has 2 aliphatic rings. The maximum Gasteiger partial charge on any atom is 0.410 e. The molecule has 1 atom stereocenters. The minimum atomic E-state index is -0.528. The van der Waals surface area contributed by atoms with Gasteiger partial charge in [0.25, 0.3) is 0 Å². The number of carbonyl (C=O) groups is 1. The highest BCUT2D eigenvalue weighted by atomic mass is 16.6. The van der Waals surface area contributed by atoms with Crippen LogP contribution in [0.4, 0.5) is 10.6 Å². The molecule has 1 amide bonds. The van der Waals surface area contributed by atoms with Crippen LogP contribution in [-0.2, 0) is 9.47 Å². The summed E-state index contributed by atoms with van der Waals surface area (Å²) in [6.07, 6.45) is 3.46. The molecule has 2 aliphatic heterocycles. The smallest absolute Gasteiger partial charge is 0.410 e. The molecule has 45 heavy (non-hydrogen) atoms. The lowest BCUT2D eigenvalue weighted by Crippen LogP contribution is -2.52. The number of aromatic nitrogens is 5. The molecule has 3 aromatic heterocycles. The van der Waals surface area contributed by atoms with Crippen LogP contribution < -0.4 is 4.90 Å². The molecule has 7 rings (SSSR count). The summed E-state index contributed by atoms with van der Waals surface area (Å²) in [5.74, 6) is 2.21. The molecule has 232 valence electrons. The highest BCUT2D eigenvalue weighted by Gasteiger charge is 2.35. The van der Waals surface area contributed by atoms with Crippen molar-refractivity contribution < 1.29 is 18.8 Å². The molecule has 0 aliphatic carbocycles. The summed E-state index contributed by atoms with van der Waals surface area (Å²) in [5.41, 5.74) is 5.11. The number of morpholine rings is 1. The van der Waals surface area contributed by atoms with Gasteiger partial charge in [0.2, 0.25) is 0 Å². The van der Waals surface area contributed by atoms with Crippen molar-refractivity contribution >= 4 is 22.8 Å². The average molecular weight is 608 g/mol. The quantitative estimate of drug-likeness (QED) is 0.233. The van der Waals surface area contributed by atoms with E-state index in [0.29, 0.717) is 38.7 Å². The number of hydrogen-bond donors (Lipinski definition) is 0. The van der Waals surface area contributed by atoms with Crippen LogP contribution in [0, 0.1) is 13.8 Å². The molecule has 5 aromatic rings. The first-order valence-corrected chi connectivity index (χ1v) is 15.3. The maximum absolute atomic E-state index is 12.5. The predicted molar refractivity (Wildman–Crippen MR) is 170 cm³/mol. The van der Waals surface area contributed by atoms with Crippen LogP contribution in [0.2, 0.25) is 0 Å². The van der Waals surface area contributed by atoms with E-state index in [1.807, 2.05) is 57.6 Å². The number of nitrogens with zero attached hydrogens (tertiary/aromatic N) is 7. The van der Waals surface area contributed by atoms with Gasteiger partial charge < -0.3 is 23.8 Å². The number of carbonyl (C=O) groups excluding carboxylic acids is 1. The van der Waals surface area contributed by atoms with E-state index in [9.17, 15) is 4.79 Å². The van der Waals surface area contributed by atoms with Gasteiger partial charge in [0.15, 0.2) is 5.82 Å². The molecule has 0 saturated carbocycles. The van der Waals surface area contributed by atoms with Gasteiger partial charge in [0, 0.05) is 36.8 Å². The lowest BCUT2D eigenvalue weighted by atomic mass is 10.0. The second-order valence-corrected chi connectivity index (χ2v) is 12.7. The van der Waals surface area contributed by atoms with Crippen molar-refractivity contribution in [3.05, 3.63) is 77.9 Å². The monoisotopic (exact) mass is 607 g/mol. The van der Waals surface area contributed by atoms with Gasteiger partial charge in [0.1, 0.15) is 17.2 Å². The Morgan fingerprint density at radius 3 is 2.56 bits per heavy atom. The molecular formula is C34H37N7O4. The van der Waals surface area contributed by atoms with Gasteiger partial charge in [-0.1, -0.05) is 41.6 Å². The van der Waals surface area contributed by atoms with Crippen LogP contribution in [-0.4, -0.2) is 74.3 Å². The Bertz CT molecular complexity index is 1830. The summed E-state index contributed by atoms with van der Waals surface area (Å²) >= 11 is 0. The number of anilines is 1. The first-order valence-electron chi connectivity index (χ1n) is 15.3. The largest absolute Gasteiger partial charge is 0.444 e. The lowest BCUT2D eigenvalue weighted by molar-refractivity contribution is -0.000386. The van der Waals surface area contributed by atoms with Crippen molar-refractivity contribution in [1.29, 1.82) is 0 Å². The molecule has 2 fully saturated rings. The van der Waals surface area contributed by atoms with Gasteiger partial charge in [-0.3, -0.25) is 4.68 Å². The van der Waals surface area contributed by atoms with Gasteiger partial charge in [-0.25, -0.2) is 14.8 Å². The van der Waals surface area contributed by atoms with Gasteiger partial charge in [-0.05, 0) is 57.9 Å². The van der Waals surface area contributed by atoms with Gasteiger partial charge >= 0.3 is 6.09 Å². The van der Waals surface area contributed by atoms with E-state index in [4.69, 9.17) is 24.0 Å². The topological polar surface area (TPSA) is 112 Å². The highest BCUT2D eigenvalue weighted by molar-refractivity contribution is 5.95. The van der Waals surface area contributed by atoms with Crippen LogP contribution >= 0.6 is 0 Å². The zero-order valence-corrected chi connectivity index (χ0v) is 26.2. The molecule has 0 spiro atoms. The molecule has 0 radical (unpaired) electrons. The van der Waals surface area contributed by atoms with Crippen LogP contribution in [0.1, 0.15) is 49.9 Å². The molecule has 11 heteroatoms. The Hall–Kier alpha value is -4.77. The molecule has 2 saturated heterocycles. The Kier molecular flexibility index (Phi) is 7.27. The van der Waals surface area contributed by atoms with Crippen molar-refractivity contribution in [2.75, 3.05) is 37.7 Å². The number of hydrogen-bond acceptors (Lipinski definition) is 9. The molecule has 11 nitrogen and oxygen atoms in total. The zero-order valence-electron chi connectivity index (χ0n) is 26.2. The zero-order chi connectivity index (χ0) is 31.3. The number of rotatable bonds is 5. The van der Waals surface area contributed by atoms with Crippen LogP contribution in [0.25, 0.3) is 33.4 Å². The normalized spacial score (nSPS) is 17.5. The summed E-state index contributed by atoms with van der Waals surface area (Å²) in [7, 11) is 0. The summed E-state index contributed by atoms with van der Waals surface area (Å²) in [6, 6.07) is 16.7. The number of fused-ring (bicyclic) bond motifs is 1. The minimum absolute atomic E-state index is 0.00911. The van der Waals surface area contributed by atoms with E-state index in [1.54, 1.807) is 11.1 Å². The number of aryl methyl sites for hydroxylation is 2. The molecule has 5 heterocycles. The van der Waals surface area contributed by atoms with E-state index in [0.717, 1.165) is 44.9 Å². The second kappa shape index (κ2) is 11.3. The number of amides is 1. The molecular weight excluding hydrogens is 570 g/mol. The Balaban J connectivity index is 1.26. The van der Waals surface area contributed by atoms with Crippen molar-refractivity contribution in [2.24, 2.45) is 0 Å². The van der Waals surface area contributed by atoms with Crippen molar-refractivity contribution in [1.82, 2.24) is 29.8 Å². The average Bonchev–Trinajstić information content (AvgIpc) is 3.61. The highest BCUT2D eigenvalue weighted by Crippen LogP contribution is 2.38. The van der Waals surface area contributed by atoms with Crippen LogP contribution in [0.3, 0.4) is 0 Å². The van der Waals surface area contributed by atoms with Crippen molar-refractivity contribution in [3.8, 4) is 22.5 Å². The summed E-state index contributed by atoms with van der Waals surface area (Å²) in [6.45, 7) is 12.4. The standard InChI is InChI=1S/C34H37N7O4/c1-21-30(22(2)45-38-21)24-11-12-28-27(15-24)32(40-13-14-43-20-29(40)23-9-7-6-8-10-23)37-31(36-28)25-16-35-41(17-25)26-18-39(19-26)33(42)44-34(3,4)5/h6-12,15-17,26,29H,13-14,18-20H2,1-5H3/t29-/m1/s1. The molecule has 0 bridgehead atoms. The third kappa shape index (κ3) is 5.64. The van der Waals surface area contributed by atoms with E-state index < -0.39 is 5.60 Å². The number of likely N-dealkylation sites (tertiary alicyclic amines) is 1. The minimum Gasteiger partial charge on any atom is -0.444 e. The Labute approximate surface area is 261 Å². The van der Waals surface area contributed by atoms with Crippen LogP contribution in [0.5, 0.6) is 0 Å². The van der Waals surface area contributed by atoms with Gasteiger partial charge in [0.05, 0.1) is 48.3 Å². The van der Waals surface area contributed by atoms with Crippen molar-refractivity contribution in [2.45, 2.75) is 52.3 Å². The fraction of sp³-hybridized carbons (Fsp3) is 0.382. The fourth-order valence-electron chi connectivity index (χ4n) is 6.07. The maximum atomic E-state index is 12.5. The third-order valence-electron chi connectivity index (χ3n) is 8.33. The lowest BCUT2D eigenvalue weighted by Gasteiger charge is -2.39. The second-order valence-electron chi connectivity index (χ2n) is 12.7. The number of benzene rings is 2. The molecule has 0 N–H and O–H groups in total. The van der Waals surface area contributed by atoms with Gasteiger partial charge in [-0.15, -0.1) is 0 Å². The Morgan fingerprint density at radius 2 is 1.82 bits per heavy atom. The summed E-state index contributed by atoms with van der Waals surface area (Å²) in [4.78, 5) is 26.7. The third-order valence-corrected chi connectivity index (χ3v) is 8.33. The van der Waals surface area contributed by atoms with E-state index >= 15 is 0 Å². The van der Waals surface area contributed by atoms with Crippen LogP contribution in [0.15, 0.2) is 65.4 Å². The molecule has 0 unspecified atom stereocenters. The van der Waals surface area contributed by atoms with E-state index in [1.165, 1.54) is 5.56 Å².